The second-order valence-electron chi connectivity index (χ2n) is 11.0. The zero-order valence-corrected chi connectivity index (χ0v) is 26.6. The number of nitrogens with zero attached hydrogens (tertiary/aromatic N) is 1. The Hall–Kier alpha value is -1.82. The van der Waals surface area contributed by atoms with Gasteiger partial charge >= 0.3 is 5.97 Å². The molecule has 222 valence electrons. The van der Waals surface area contributed by atoms with Gasteiger partial charge in [-0.25, -0.2) is 4.79 Å². The van der Waals surface area contributed by atoms with Crippen LogP contribution in [0.3, 0.4) is 0 Å². The van der Waals surface area contributed by atoms with Crippen molar-refractivity contribution in [2.24, 2.45) is 0 Å². The predicted molar refractivity (Wildman–Crippen MR) is 167 cm³/mol. The highest BCUT2D eigenvalue weighted by Crippen LogP contribution is 2.30. The van der Waals surface area contributed by atoms with E-state index in [-0.39, 0.29) is 16.8 Å². The Morgan fingerprint density at radius 1 is 0.769 bits per heavy atom. The number of benzene rings is 1. The smallest absolute Gasteiger partial charge is 0.328 e. The summed E-state index contributed by atoms with van der Waals surface area (Å²) in [4.78, 5) is 39.6. The molecule has 1 amide bonds. The van der Waals surface area contributed by atoms with Gasteiger partial charge in [0.05, 0.1) is 18.6 Å². The topological polar surface area (TPSA) is 63.7 Å². The Bertz CT molecular complexity index is 870. The summed E-state index contributed by atoms with van der Waals surface area (Å²) < 4.78 is 4.93. The van der Waals surface area contributed by atoms with Crippen molar-refractivity contribution in [1.82, 2.24) is 0 Å². The normalized spacial score (nSPS) is 11.8. The molecule has 0 N–H and O–H groups in total. The lowest BCUT2D eigenvalue weighted by atomic mass is 10.0. The zero-order chi connectivity index (χ0) is 29.0. The van der Waals surface area contributed by atoms with Crippen LogP contribution in [-0.4, -0.2) is 35.9 Å². The van der Waals surface area contributed by atoms with E-state index in [1.165, 1.54) is 95.5 Å². The summed E-state index contributed by atoms with van der Waals surface area (Å²) in [5, 5.41) is 0.0430. The third-order valence-corrected chi connectivity index (χ3v) is 8.60. The van der Waals surface area contributed by atoms with Crippen molar-refractivity contribution in [3.05, 3.63) is 28.8 Å². The summed E-state index contributed by atoms with van der Waals surface area (Å²) in [5.41, 5.74) is 3.64. The van der Waals surface area contributed by atoms with Crippen molar-refractivity contribution in [2.45, 2.75) is 143 Å². The summed E-state index contributed by atoms with van der Waals surface area (Å²) in [6.07, 6.45) is 19.9. The Labute approximate surface area is 243 Å². The fraction of sp³-hybridized carbons (Fsp3) is 0.727. The average Bonchev–Trinajstić information content (AvgIpc) is 2.93. The Morgan fingerprint density at radius 3 is 1.72 bits per heavy atom. The molecule has 0 saturated carbocycles. The number of hydrogen-bond donors (Lipinski definition) is 0. The van der Waals surface area contributed by atoms with Gasteiger partial charge in [0.15, 0.2) is 5.12 Å². The third kappa shape index (κ3) is 13.9. The first-order chi connectivity index (χ1) is 18.7. The van der Waals surface area contributed by atoms with Crippen LogP contribution in [0.4, 0.5) is 5.69 Å². The zero-order valence-electron chi connectivity index (χ0n) is 25.7. The first-order valence-electron chi connectivity index (χ1n) is 15.4. The number of aryl methyl sites for hydroxylation is 2. The SMILES string of the molecule is CCCCCCCCCCCCCCCCCC(=O)SCC(=O)N(c1c(C)ccc(C)c1C)C(C)C(=O)OC. The number of methoxy groups -OCH3 is 1. The number of anilines is 1. The lowest BCUT2D eigenvalue weighted by Crippen LogP contribution is -2.46. The van der Waals surface area contributed by atoms with E-state index in [0.717, 1.165) is 47.0 Å². The summed E-state index contributed by atoms with van der Waals surface area (Å²) in [6, 6.07) is 3.19. The molecule has 39 heavy (non-hydrogen) atoms. The Kier molecular flexibility index (Phi) is 19.0. The maximum Gasteiger partial charge on any atom is 0.328 e. The highest BCUT2D eigenvalue weighted by Gasteiger charge is 2.30. The minimum absolute atomic E-state index is 0.0196. The lowest BCUT2D eigenvalue weighted by Gasteiger charge is -2.31. The van der Waals surface area contributed by atoms with Crippen molar-refractivity contribution in [1.29, 1.82) is 0 Å². The van der Waals surface area contributed by atoms with E-state index < -0.39 is 12.0 Å². The van der Waals surface area contributed by atoms with Gasteiger partial charge < -0.3 is 4.74 Å². The molecule has 1 aromatic rings. The van der Waals surface area contributed by atoms with Gasteiger partial charge in [-0.2, -0.15) is 0 Å². The van der Waals surface area contributed by atoms with Crippen LogP contribution in [0.2, 0.25) is 0 Å². The van der Waals surface area contributed by atoms with Gasteiger partial charge in [0.25, 0.3) is 0 Å². The van der Waals surface area contributed by atoms with Crippen LogP contribution in [0.1, 0.15) is 133 Å². The molecule has 0 radical (unpaired) electrons. The molecular weight excluding hydrogens is 506 g/mol. The van der Waals surface area contributed by atoms with Crippen molar-refractivity contribution in [3.8, 4) is 0 Å². The number of esters is 1. The van der Waals surface area contributed by atoms with Gasteiger partial charge in [0, 0.05) is 6.42 Å². The fourth-order valence-corrected chi connectivity index (χ4v) is 5.75. The van der Waals surface area contributed by atoms with Gasteiger partial charge in [-0.1, -0.05) is 121 Å². The lowest BCUT2D eigenvalue weighted by molar-refractivity contribution is -0.142. The van der Waals surface area contributed by atoms with Crippen LogP contribution >= 0.6 is 11.8 Å². The molecular formula is C33H55NO4S. The molecule has 1 aromatic carbocycles. The number of amides is 1. The van der Waals surface area contributed by atoms with E-state index in [9.17, 15) is 14.4 Å². The largest absolute Gasteiger partial charge is 0.467 e. The maximum atomic E-state index is 13.3. The van der Waals surface area contributed by atoms with Gasteiger partial charge in [-0.05, 0) is 50.8 Å². The van der Waals surface area contributed by atoms with E-state index in [0.29, 0.717) is 6.42 Å². The van der Waals surface area contributed by atoms with E-state index in [1.807, 2.05) is 32.9 Å². The number of thioether (sulfide) groups is 1. The molecule has 1 rings (SSSR count). The first-order valence-corrected chi connectivity index (χ1v) is 16.3. The van der Waals surface area contributed by atoms with Crippen LogP contribution in [0, 0.1) is 20.8 Å². The van der Waals surface area contributed by atoms with E-state index in [2.05, 4.69) is 6.92 Å². The van der Waals surface area contributed by atoms with Crippen molar-refractivity contribution < 1.29 is 19.1 Å². The molecule has 0 saturated heterocycles. The molecule has 0 heterocycles. The van der Waals surface area contributed by atoms with Crippen LogP contribution < -0.4 is 4.90 Å². The number of rotatable bonds is 21. The number of carbonyl (C=O) groups is 3. The second-order valence-corrected chi connectivity index (χ2v) is 12.0. The molecule has 0 aliphatic heterocycles. The molecule has 1 unspecified atom stereocenters. The monoisotopic (exact) mass is 561 g/mol. The number of hydrogen-bond acceptors (Lipinski definition) is 5. The van der Waals surface area contributed by atoms with E-state index in [1.54, 1.807) is 6.92 Å². The minimum Gasteiger partial charge on any atom is -0.467 e. The molecule has 0 fully saturated rings. The molecule has 0 aliphatic rings. The average molecular weight is 562 g/mol. The summed E-state index contributed by atoms with van der Waals surface area (Å²) in [6.45, 7) is 9.81. The van der Waals surface area contributed by atoms with E-state index in [4.69, 9.17) is 4.74 Å². The molecule has 0 aliphatic carbocycles. The number of unbranched alkanes of at least 4 members (excludes halogenated alkanes) is 14. The predicted octanol–water partition coefficient (Wildman–Crippen LogP) is 9.03. The highest BCUT2D eigenvalue weighted by molar-refractivity contribution is 8.14. The molecule has 6 heteroatoms. The first kappa shape index (κ1) is 35.2. The van der Waals surface area contributed by atoms with Crippen LogP contribution in [0.5, 0.6) is 0 Å². The summed E-state index contributed by atoms with van der Waals surface area (Å²) in [7, 11) is 1.33. The maximum absolute atomic E-state index is 13.3. The van der Waals surface area contributed by atoms with Gasteiger partial charge in [-0.15, -0.1) is 0 Å². The van der Waals surface area contributed by atoms with Crippen molar-refractivity contribution in [3.63, 3.8) is 0 Å². The van der Waals surface area contributed by atoms with Crippen LogP contribution in [0.25, 0.3) is 0 Å². The Balaban J connectivity index is 2.30. The number of ether oxygens (including phenoxy) is 1. The highest BCUT2D eigenvalue weighted by atomic mass is 32.2. The van der Waals surface area contributed by atoms with Crippen molar-refractivity contribution >= 4 is 34.4 Å². The summed E-state index contributed by atoms with van der Waals surface area (Å²) >= 11 is 1.06. The van der Waals surface area contributed by atoms with Crippen molar-refractivity contribution in [2.75, 3.05) is 17.8 Å². The Morgan fingerprint density at radius 2 is 1.23 bits per heavy atom. The minimum atomic E-state index is -0.770. The molecule has 1 atom stereocenters. The van der Waals surface area contributed by atoms with Gasteiger partial charge in [0.2, 0.25) is 5.91 Å². The molecule has 0 spiro atoms. The summed E-state index contributed by atoms with van der Waals surface area (Å²) in [5.74, 6) is -0.705. The quantitative estimate of drug-likeness (QED) is 0.111. The fourth-order valence-electron chi connectivity index (χ4n) is 5.04. The van der Waals surface area contributed by atoms with Crippen LogP contribution in [-0.2, 0) is 19.1 Å². The molecule has 0 aromatic heterocycles. The second kappa shape index (κ2) is 21.0. The van der Waals surface area contributed by atoms with Gasteiger partial charge in [0.1, 0.15) is 6.04 Å². The third-order valence-electron chi connectivity index (χ3n) is 7.68. The van der Waals surface area contributed by atoms with E-state index >= 15 is 0 Å². The van der Waals surface area contributed by atoms with Crippen LogP contribution in [0.15, 0.2) is 12.1 Å². The van der Waals surface area contributed by atoms with Gasteiger partial charge in [-0.3, -0.25) is 14.5 Å². The molecule has 0 bridgehead atoms. The standard InChI is InChI=1S/C33H55NO4S/c1-7-8-9-10-11-12-13-14-15-16-17-18-19-20-21-22-31(36)39-25-30(35)34(29(5)33(37)38-6)32-27(3)24-23-26(2)28(32)4/h23-24,29H,7-22,25H2,1-6H3. The molecule has 5 nitrogen and oxygen atoms in total. The number of carbonyl (C=O) groups excluding carboxylic acids is 3.